The fourth-order valence-corrected chi connectivity index (χ4v) is 6.67. The van der Waals surface area contributed by atoms with Gasteiger partial charge in [0.25, 0.3) is 0 Å². The van der Waals surface area contributed by atoms with Gasteiger partial charge in [-0.15, -0.1) is 0 Å². The number of hydrogen-bond acceptors (Lipinski definition) is 4. The Morgan fingerprint density at radius 2 is 1.28 bits per heavy atom. The Morgan fingerprint density at radius 1 is 0.617 bits per heavy atom. The summed E-state index contributed by atoms with van der Waals surface area (Å²) in [5.41, 5.74) is 8.15. The van der Waals surface area contributed by atoms with Gasteiger partial charge < -0.3 is 9.14 Å². The Morgan fingerprint density at radius 3 is 2.00 bits per heavy atom. The van der Waals surface area contributed by atoms with Gasteiger partial charge in [0.1, 0.15) is 0 Å². The normalized spacial score (nSPS) is 12.6. The molecule has 0 atom stereocenters. The largest absolute Gasteiger partial charge is 0.405 e. The Balaban J connectivity index is 1.43. The average Bonchev–Trinajstić information content (AvgIpc) is 3.43. The summed E-state index contributed by atoms with van der Waals surface area (Å²) in [5, 5.41) is 5.68. The zero-order valence-corrected chi connectivity index (χ0v) is 27.8. The summed E-state index contributed by atoms with van der Waals surface area (Å²) in [6.07, 6.45) is 0.753. The molecule has 0 amide bonds. The van der Waals surface area contributed by atoms with E-state index in [1.54, 1.807) is 0 Å². The van der Waals surface area contributed by atoms with Gasteiger partial charge in [-0.3, -0.25) is 0 Å². The summed E-state index contributed by atoms with van der Waals surface area (Å²) in [6, 6.07) is 38.7. The van der Waals surface area contributed by atoms with E-state index >= 15 is 0 Å². The van der Waals surface area contributed by atoms with E-state index < -0.39 is 0 Å². The SMILES string of the molecule is CC(C)(C)Cc1nc(Oc2cc(C(C)(C)C)cc(-c3ccccc3)n2)nc2c3cc4ccccc4cc3n3c4ccccc4cc3c12. The summed E-state index contributed by atoms with van der Waals surface area (Å²) in [5.74, 6) is 0.488. The molecule has 0 spiro atoms. The minimum atomic E-state index is -0.105. The van der Waals surface area contributed by atoms with E-state index in [2.05, 4.69) is 131 Å². The number of para-hydroxylation sites is 1. The number of fused-ring (bicyclic) bond motifs is 9. The molecule has 0 radical (unpaired) electrons. The van der Waals surface area contributed by atoms with Gasteiger partial charge in [0, 0.05) is 27.8 Å². The molecule has 0 N–H and O–H groups in total. The van der Waals surface area contributed by atoms with Gasteiger partial charge in [-0.25, -0.2) is 4.98 Å². The second kappa shape index (κ2) is 10.6. The predicted octanol–water partition coefficient (Wildman–Crippen LogP) is 11.1. The lowest BCUT2D eigenvalue weighted by atomic mass is 9.87. The van der Waals surface area contributed by atoms with Gasteiger partial charge in [0.05, 0.1) is 33.5 Å². The van der Waals surface area contributed by atoms with Crippen molar-refractivity contribution < 1.29 is 4.74 Å². The van der Waals surface area contributed by atoms with E-state index in [4.69, 9.17) is 19.7 Å². The van der Waals surface area contributed by atoms with Crippen molar-refractivity contribution in [3.05, 3.63) is 120 Å². The summed E-state index contributed by atoms with van der Waals surface area (Å²) >= 11 is 0. The van der Waals surface area contributed by atoms with E-state index in [0.29, 0.717) is 11.9 Å². The molecule has 0 aliphatic heterocycles. The van der Waals surface area contributed by atoms with E-state index in [9.17, 15) is 0 Å². The Bertz CT molecular complexity index is 2480. The van der Waals surface area contributed by atoms with Crippen LogP contribution in [0.15, 0.2) is 109 Å². The Labute approximate surface area is 274 Å². The molecule has 8 rings (SSSR count). The quantitative estimate of drug-likeness (QED) is 0.146. The fourth-order valence-electron chi connectivity index (χ4n) is 6.67. The van der Waals surface area contributed by atoms with Crippen LogP contribution in [0.25, 0.3) is 60.3 Å². The first-order chi connectivity index (χ1) is 22.5. The number of aromatic nitrogens is 4. The van der Waals surface area contributed by atoms with Crippen LogP contribution >= 0.6 is 0 Å². The average molecular weight is 615 g/mol. The van der Waals surface area contributed by atoms with Crippen LogP contribution in [0.1, 0.15) is 52.8 Å². The van der Waals surface area contributed by atoms with Crippen molar-refractivity contribution in [3.8, 4) is 23.1 Å². The first-order valence-corrected chi connectivity index (χ1v) is 16.3. The van der Waals surface area contributed by atoms with E-state index in [-0.39, 0.29) is 10.8 Å². The third-order valence-electron chi connectivity index (χ3n) is 8.92. The van der Waals surface area contributed by atoms with Crippen LogP contribution in [0.2, 0.25) is 0 Å². The highest BCUT2D eigenvalue weighted by Crippen LogP contribution is 2.39. The molecule has 4 aromatic heterocycles. The maximum atomic E-state index is 6.61. The third-order valence-corrected chi connectivity index (χ3v) is 8.92. The van der Waals surface area contributed by atoms with Crippen LogP contribution in [0.3, 0.4) is 0 Å². The first-order valence-electron chi connectivity index (χ1n) is 16.3. The van der Waals surface area contributed by atoms with Gasteiger partial charge >= 0.3 is 6.01 Å². The lowest BCUT2D eigenvalue weighted by Gasteiger charge is -2.22. The van der Waals surface area contributed by atoms with Crippen molar-refractivity contribution in [1.82, 2.24) is 19.4 Å². The van der Waals surface area contributed by atoms with Crippen molar-refractivity contribution in [2.24, 2.45) is 5.41 Å². The van der Waals surface area contributed by atoms with Crippen molar-refractivity contribution >= 4 is 49.0 Å². The molecule has 0 saturated heterocycles. The number of ether oxygens (including phenoxy) is 1. The maximum absolute atomic E-state index is 6.61. The number of nitrogens with zero attached hydrogens (tertiary/aromatic N) is 4. The summed E-state index contributed by atoms with van der Waals surface area (Å²) in [6.45, 7) is 13.4. The lowest BCUT2D eigenvalue weighted by molar-refractivity contribution is 0.395. The van der Waals surface area contributed by atoms with Crippen molar-refractivity contribution in [2.45, 2.75) is 53.4 Å². The number of pyridine rings is 2. The van der Waals surface area contributed by atoms with Crippen LogP contribution < -0.4 is 4.74 Å². The van der Waals surface area contributed by atoms with Gasteiger partial charge in [-0.05, 0) is 63.9 Å². The molecular formula is C42H38N4O. The highest BCUT2D eigenvalue weighted by atomic mass is 16.5. The lowest BCUT2D eigenvalue weighted by Crippen LogP contribution is -2.13. The molecule has 8 aromatic rings. The minimum absolute atomic E-state index is 0.0230. The van der Waals surface area contributed by atoms with Crippen molar-refractivity contribution in [1.29, 1.82) is 0 Å². The fraction of sp³-hybridized carbons (Fsp3) is 0.214. The number of hydrogen-bond donors (Lipinski definition) is 0. The zero-order valence-electron chi connectivity index (χ0n) is 27.8. The molecule has 5 nitrogen and oxygen atoms in total. The second-order valence-corrected chi connectivity index (χ2v) is 14.9. The maximum Gasteiger partial charge on any atom is 0.324 e. The van der Waals surface area contributed by atoms with Gasteiger partial charge in [-0.2, -0.15) is 9.97 Å². The summed E-state index contributed by atoms with van der Waals surface area (Å²) in [4.78, 5) is 15.4. The molecule has 0 unspecified atom stereocenters. The molecule has 4 heterocycles. The molecule has 47 heavy (non-hydrogen) atoms. The monoisotopic (exact) mass is 614 g/mol. The molecule has 0 bridgehead atoms. The van der Waals surface area contributed by atoms with Gasteiger partial charge in [0.15, 0.2) is 0 Å². The Hall–Kier alpha value is -5.29. The predicted molar refractivity (Wildman–Crippen MR) is 195 cm³/mol. The number of rotatable bonds is 4. The van der Waals surface area contributed by atoms with Crippen LogP contribution in [0.5, 0.6) is 11.9 Å². The van der Waals surface area contributed by atoms with Crippen molar-refractivity contribution in [3.63, 3.8) is 0 Å². The molecule has 0 aliphatic rings. The number of benzene rings is 4. The minimum Gasteiger partial charge on any atom is -0.405 e. The third kappa shape index (κ3) is 5.26. The summed E-state index contributed by atoms with van der Waals surface area (Å²) < 4.78 is 8.99. The Kier molecular flexibility index (Phi) is 6.59. The molecular weight excluding hydrogens is 576 g/mol. The van der Waals surface area contributed by atoms with E-state index in [1.165, 1.54) is 21.7 Å². The van der Waals surface area contributed by atoms with Gasteiger partial charge in [-0.1, -0.05) is 114 Å². The van der Waals surface area contributed by atoms with Crippen LogP contribution in [-0.2, 0) is 11.8 Å². The van der Waals surface area contributed by atoms with Crippen LogP contribution in [0.4, 0.5) is 0 Å². The molecule has 0 saturated carbocycles. The standard InChI is InChI=1S/C42H38N4O/c1-41(2,3)25-33-38-36-22-29-18-12-13-19-34(29)46(36)35-21-28-17-11-10-16-27(28)20-31(35)39(38)45-40(44-33)47-37-24-30(42(4,5)6)23-32(43-37)26-14-8-7-9-15-26/h7-24H,25H2,1-6H3. The summed E-state index contributed by atoms with van der Waals surface area (Å²) in [7, 11) is 0. The zero-order chi connectivity index (χ0) is 32.5. The second-order valence-electron chi connectivity index (χ2n) is 14.9. The van der Waals surface area contributed by atoms with E-state index in [1.807, 2.05) is 24.3 Å². The van der Waals surface area contributed by atoms with Crippen molar-refractivity contribution in [2.75, 3.05) is 0 Å². The highest BCUT2D eigenvalue weighted by molar-refractivity contribution is 6.17. The van der Waals surface area contributed by atoms with Gasteiger partial charge in [0.2, 0.25) is 5.88 Å². The molecule has 4 aromatic carbocycles. The first kappa shape index (κ1) is 29.1. The topological polar surface area (TPSA) is 52.3 Å². The highest BCUT2D eigenvalue weighted by Gasteiger charge is 2.24. The molecule has 232 valence electrons. The van der Waals surface area contributed by atoms with Crippen LogP contribution in [-0.4, -0.2) is 19.4 Å². The van der Waals surface area contributed by atoms with Crippen LogP contribution in [0, 0.1) is 5.41 Å². The smallest absolute Gasteiger partial charge is 0.324 e. The van der Waals surface area contributed by atoms with E-state index in [0.717, 1.165) is 56.3 Å². The molecule has 0 aliphatic carbocycles. The molecule has 0 fully saturated rings. The molecule has 5 heteroatoms.